The summed E-state index contributed by atoms with van der Waals surface area (Å²) in [5.41, 5.74) is 3.02. The first kappa shape index (κ1) is 15.8. The van der Waals surface area contributed by atoms with Crippen molar-refractivity contribution in [3.8, 4) is 6.07 Å². The fourth-order valence-electron chi connectivity index (χ4n) is 2.94. The predicted molar refractivity (Wildman–Crippen MR) is 87.5 cm³/mol. The van der Waals surface area contributed by atoms with Gasteiger partial charge in [-0.2, -0.15) is 5.26 Å². The minimum Gasteiger partial charge on any atom is -0.370 e. The van der Waals surface area contributed by atoms with Crippen LogP contribution in [0.5, 0.6) is 0 Å². The Morgan fingerprint density at radius 1 is 1.38 bits per heavy atom. The average molecular weight is 286 g/mol. The minimum atomic E-state index is 0.535. The summed E-state index contributed by atoms with van der Waals surface area (Å²) >= 11 is 0. The van der Waals surface area contributed by atoms with E-state index < -0.39 is 0 Å². The molecule has 0 spiro atoms. The van der Waals surface area contributed by atoms with Gasteiger partial charge in [-0.15, -0.1) is 0 Å². The highest BCUT2D eigenvalue weighted by Gasteiger charge is 2.22. The molecule has 0 bridgehead atoms. The molecular weight excluding hydrogens is 260 g/mol. The van der Waals surface area contributed by atoms with E-state index in [9.17, 15) is 5.26 Å². The van der Waals surface area contributed by atoms with Crippen LogP contribution >= 0.6 is 0 Å². The highest BCUT2D eigenvalue weighted by atomic mass is 15.2. The molecule has 0 unspecified atom stereocenters. The van der Waals surface area contributed by atoms with E-state index >= 15 is 0 Å². The molecule has 1 aromatic carbocycles. The Labute approximate surface area is 128 Å². The Bertz CT molecular complexity index is 498. The molecule has 1 fully saturated rings. The standard InChI is InChI=1S/C17H26N4/c1-4-19-13-14-5-6-17(15(11-14)12-18)21(3)16-7-9-20(2)10-8-16/h5-6,11,16,19H,4,7-10,13H2,1-3H3. The molecule has 0 atom stereocenters. The van der Waals surface area contributed by atoms with Gasteiger partial charge in [-0.3, -0.25) is 0 Å². The average Bonchev–Trinajstić information content (AvgIpc) is 2.52. The lowest BCUT2D eigenvalue weighted by Gasteiger charge is -2.36. The minimum absolute atomic E-state index is 0.535. The van der Waals surface area contributed by atoms with Crippen molar-refractivity contribution in [2.75, 3.05) is 38.6 Å². The molecule has 2 rings (SSSR count). The Hall–Kier alpha value is -1.57. The highest BCUT2D eigenvalue weighted by Crippen LogP contribution is 2.26. The Balaban J connectivity index is 2.13. The molecule has 1 N–H and O–H groups in total. The zero-order chi connectivity index (χ0) is 15.2. The van der Waals surface area contributed by atoms with Crippen LogP contribution in [-0.2, 0) is 6.54 Å². The van der Waals surface area contributed by atoms with Crippen LogP contribution in [0, 0.1) is 11.3 Å². The molecule has 114 valence electrons. The largest absolute Gasteiger partial charge is 0.370 e. The maximum Gasteiger partial charge on any atom is 0.101 e. The van der Waals surface area contributed by atoms with Crippen molar-refractivity contribution in [1.82, 2.24) is 10.2 Å². The molecule has 4 heteroatoms. The summed E-state index contributed by atoms with van der Waals surface area (Å²) in [5, 5.41) is 12.8. The number of hydrogen-bond donors (Lipinski definition) is 1. The van der Waals surface area contributed by atoms with Crippen LogP contribution in [0.25, 0.3) is 0 Å². The van der Waals surface area contributed by atoms with Crippen molar-refractivity contribution < 1.29 is 0 Å². The number of nitrogens with zero attached hydrogens (tertiary/aromatic N) is 3. The zero-order valence-electron chi connectivity index (χ0n) is 13.4. The second-order valence-electron chi connectivity index (χ2n) is 5.89. The van der Waals surface area contributed by atoms with E-state index in [-0.39, 0.29) is 0 Å². The normalized spacial score (nSPS) is 16.7. The molecule has 1 aromatic rings. The number of nitriles is 1. The Morgan fingerprint density at radius 3 is 2.71 bits per heavy atom. The van der Waals surface area contributed by atoms with Gasteiger partial charge in [0.05, 0.1) is 11.3 Å². The van der Waals surface area contributed by atoms with E-state index in [0.29, 0.717) is 6.04 Å². The molecule has 21 heavy (non-hydrogen) atoms. The van der Waals surface area contributed by atoms with Gasteiger partial charge in [0, 0.05) is 19.6 Å². The summed E-state index contributed by atoms with van der Waals surface area (Å²) in [6.07, 6.45) is 2.33. The van der Waals surface area contributed by atoms with E-state index in [0.717, 1.165) is 50.3 Å². The number of anilines is 1. The van der Waals surface area contributed by atoms with Crippen molar-refractivity contribution in [3.63, 3.8) is 0 Å². The van der Waals surface area contributed by atoms with E-state index in [2.05, 4.69) is 54.3 Å². The Kier molecular flexibility index (Phi) is 5.60. The van der Waals surface area contributed by atoms with Gasteiger partial charge in [0.25, 0.3) is 0 Å². The third kappa shape index (κ3) is 3.96. The molecule has 0 radical (unpaired) electrons. The fraction of sp³-hybridized carbons (Fsp3) is 0.588. The lowest BCUT2D eigenvalue weighted by molar-refractivity contribution is 0.253. The van der Waals surface area contributed by atoms with Gasteiger partial charge in [-0.25, -0.2) is 0 Å². The van der Waals surface area contributed by atoms with E-state index in [1.54, 1.807) is 0 Å². The molecule has 0 saturated carbocycles. The van der Waals surface area contributed by atoms with E-state index in [1.807, 2.05) is 6.07 Å². The van der Waals surface area contributed by atoms with Gasteiger partial charge in [0.1, 0.15) is 6.07 Å². The van der Waals surface area contributed by atoms with Crippen LogP contribution < -0.4 is 10.2 Å². The highest BCUT2D eigenvalue weighted by molar-refractivity contribution is 5.60. The fourth-order valence-corrected chi connectivity index (χ4v) is 2.94. The molecule has 1 heterocycles. The maximum atomic E-state index is 9.45. The van der Waals surface area contributed by atoms with Gasteiger partial charge in [0.2, 0.25) is 0 Å². The summed E-state index contributed by atoms with van der Waals surface area (Å²) in [6, 6.07) is 9.14. The topological polar surface area (TPSA) is 42.3 Å². The number of rotatable bonds is 5. The third-order valence-corrected chi connectivity index (χ3v) is 4.38. The van der Waals surface area contributed by atoms with Gasteiger partial charge in [-0.1, -0.05) is 13.0 Å². The molecule has 0 aliphatic carbocycles. The third-order valence-electron chi connectivity index (χ3n) is 4.38. The molecule has 1 saturated heterocycles. The van der Waals surface area contributed by atoms with Gasteiger partial charge in [-0.05, 0) is 57.2 Å². The molecular formula is C17H26N4. The molecule has 1 aliphatic rings. The summed E-state index contributed by atoms with van der Waals surface area (Å²) < 4.78 is 0. The Morgan fingerprint density at radius 2 is 2.10 bits per heavy atom. The van der Waals surface area contributed by atoms with Crippen molar-refractivity contribution in [2.45, 2.75) is 32.4 Å². The number of benzene rings is 1. The van der Waals surface area contributed by atoms with E-state index in [4.69, 9.17) is 0 Å². The van der Waals surface area contributed by atoms with Crippen molar-refractivity contribution in [1.29, 1.82) is 5.26 Å². The van der Waals surface area contributed by atoms with Crippen molar-refractivity contribution >= 4 is 5.69 Å². The monoisotopic (exact) mass is 286 g/mol. The first-order valence-electron chi connectivity index (χ1n) is 7.80. The maximum absolute atomic E-state index is 9.45. The summed E-state index contributed by atoms with van der Waals surface area (Å²) in [7, 11) is 4.29. The summed E-state index contributed by atoms with van der Waals surface area (Å²) in [6.45, 7) is 6.13. The second-order valence-corrected chi connectivity index (χ2v) is 5.89. The summed E-state index contributed by atoms with van der Waals surface area (Å²) in [5.74, 6) is 0. The molecule has 4 nitrogen and oxygen atoms in total. The van der Waals surface area contributed by atoms with E-state index in [1.165, 1.54) is 5.56 Å². The molecule has 0 amide bonds. The lowest BCUT2D eigenvalue weighted by atomic mass is 10.0. The van der Waals surface area contributed by atoms with Crippen LogP contribution in [0.2, 0.25) is 0 Å². The SMILES string of the molecule is CCNCc1ccc(N(C)C2CCN(C)CC2)c(C#N)c1. The number of piperidine rings is 1. The van der Waals surface area contributed by atoms with Gasteiger partial charge >= 0.3 is 0 Å². The number of hydrogen-bond acceptors (Lipinski definition) is 4. The first-order valence-corrected chi connectivity index (χ1v) is 7.80. The van der Waals surface area contributed by atoms with Crippen molar-refractivity contribution in [2.24, 2.45) is 0 Å². The number of nitrogens with one attached hydrogen (secondary N) is 1. The summed E-state index contributed by atoms with van der Waals surface area (Å²) in [4.78, 5) is 4.66. The van der Waals surface area contributed by atoms with Crippen LogP contribution in [0.1, 0.15) is 30.9 Å². The van der Waals surface area contributed by atoms with Crippen molar-refractivity contribution in [3.05, 3.63) is 29.3 Å². The van der Waals surface area contributed by atoms with Crippen LogP contribution in [0.15, 0.2) is 18.2 Å². The quantitative estimate of drug-likeness (QED) is 0.901. The van der Waals surface area contributed by atoms with Crippen LogP contribution in [0.4, 0.5) is 5.69 Å². The zero-order valence-corrected chi connectivity index (χ0v) is 13.4. The molecule has 1 aliphatic heterocycles. The van der Waals surface area contributed by atoms with Gasteiger partial charge in [0.15, 0.2) is 0 Å². The second kappa shape index (κ2) is 7.44. The first-order chi connectivity index (χ1) is 10.2. The molecule has 0 aromatic heterocycles. The number of likely N-dealkylation sites (tertiary alicyclic amines) is 1. The predicted octanol–water partition coefficient (Wildman–Crippen LogP) is 2.20. The van der Waals surface area contributed by atoms with Gasteiger partial charge < -0.3 is 15.1 Å². The lowest BCUT2D eigenvalue weighted by Crippen LogP contribution is -2.42. The van der Waals surface area contributed by atoms with Crippen LogP contribution in [-0.4, -0.2) is 44.7 Å². The van der Waals surface area contributed by atoms with Crippen LogP contribution in [0.3, 0.4) is 0 Å². The smallest absolute Gasteiger partial charge is 0.101 e.